The van der Waals surface area contributed by atoms with Gasteiger partial charge in [0.25, 0.3) is 0 Å². The van der Waals surface area contributed by atoms with Crippen molar-refractivity contribution in [1.29, 1.82) is 0 Å². The van der Waals surface area contributed by atoms with Gasteiger partial charge in [-0.3, -0.25) is 0 Å². The van der Waals surface area contributed by atoms with Crippen molar-refractivity contribution in [2.24, 2.45) is 0 Å². The maximum atomic E-state index is 5.56. The normalized spacial score (nSPS) is 10.2. The van der Waals surface area contributed by atoms with Gasteiger partial charge in [-0.2, -0.15) is 0 Å². The molecule has 5 heteroatoms. The van der Waals surface area contributed by atoms with Crippen molar-refractivity contribution in [3.63, 3.8) is 0 Å². The highest BCUT2D eigenvalue weighted by atomic mass is 16.5. The van der Waals surface area contributed by atoms with Crippen molar-refractivity contribution in [3.05, 3.63) is 42.2 Å². The lowest BCUT2D eigenvalue weighted by molar-refractivity contribution is 0.404. The smallest absolute Gasteiger partial charge is 0.321 e. The van der Waals surface area contributed by atoms with Crippen LogP contribution in [0, 0.1) is 0 Å². The molecule has 1 N–H and O–H groups in total. The van der Waals surface area contributed by atoms with E-state index in [0.29, 0.717) is 11.8 Å². The van der Waals surface area contributed by atoms with E-state index in [2.05, 4.69) is 22.2 Å². The second-order valence-corrected chi connectivity index (χ2v) is 3.94. The molecule has 0 atom stereocenters. The Morgan fingerprint density at radius 2 is 1.89 bits per heavy atom. The number of aromatic nitrogens is 2. The van der Waals surface area contributed by atoms with E-state index in [9.17, 15) is 0 Å². The standard InChI is InChI=1S/C14H17N3O2/c1-3-15-8-11-9-16-14(17-10-11)19-13-6-4-5-12(7-13)18-2/h4-7,9-10,15H,3,8H2,1-2H3. The quantitative estimate of drug-likeness (QED) is 0.863. The average molecular weight is 259 g/mol. The number of benzene rings is 1. The summed E-state index contributed by atoms with van der Waals surface area (Å²) in [6.45, 7) is 3.74. The molecule has 0 aliphatic heterocycles. The molecule has 1 heterocycles. The number of nitrogens with zero attached hydrogens (tertiary/aromatic N) is 2. The summed E-state index contributed by atoms with van der Waals surface area (Å²) in [6, 6.07) is 7.66. The number of nitrogens with one attached hydrogen (secondary N) is 1. The Labute approximate surface area is 112 Å². The summed E-state index contributed by atoms with van der Waals surface area (Å²) in [6.07, 6.45) is 3.51. The van der Waals surface area contributed by atoms with Crippen molar-refractivity contribution >= 4 is 0 Å². The third-order valence-electron chi connectivity index (χ3n) is 2.51. The Morgan fingerprint density at radius 3 is 2.58 bits per heavy atom. The molecule has 5 nitrogen and oxygen atoms in total. The van der Waals surface area contributed by atoms with Gasteiger partial charge >= 0.3 is 6.01 Å². The van der Waals surface area contributed by atoms with Crippen molar-refractivity contribution < 1.29 is 9.47 Å². The molecule has 0 saturated heterocycles. The van der Waals surface area contributed by atoms with Gasteiger partial charge in [0.1, 0.15) is 11.5 Å². The predicted molar refractivity (Wildman–Crippen MR) is 72.5 cm³/mol. The lowest BCUT2D eigenvalue weighted by Gasteiger charge is -2.06. The molecule has 1 aromatic carbocycles. The Bertz CT molecular complexity index is 514. The van der Waals surface area contributed by atoms with Crippen LogP contribution in [0.25, 0.3) is 0 Å². The maximum absolute atomic E-state index is 5.56. The molecule has 0 amide bonds. The van der Waals surface area contributed by atoms with E-state index in [-0.39, 0.29) is 0 Å². The molecular weight excluding hydrogens is 242 g/mol. The first-order valence-corrected chi connectivity index (χ1v) is 6.15. The molecule has 0 unspecified atom stereocenters. The fraction of sp³-hybridized carbons (Fsp3) is 0.286. The summed E-state index contributed by atoms with van der Waals surface area (Å²) in [4.78, 5) is 8.34. The van der Waals surface area contributed by atoms with E-state index in [1.165, 1.54) is 0 Å². The van der Waals surface area contributed by atoms with Gasteiger partial charge in [0.2, 0.25) is 0 Å². The summed E-state index contributed by atoms with van der Waals surface area (Å²) in [5.41, 5.74) is 1.03. The Kier molecular flexibility index (Phi) is 4.69. The zero-order valence-electron chi connectivity index (χ0n) is 11.1. The second-order valence-electron chi connectivity index (χ2n) is 3.94. The fourth-order valence-electron chi connectivity index (χ4n) is 1.53. The number of hydrogen-bond acceptors (Lipinski definition) is 5. The van der Waals surface area contributed by atoms with Crippen molar-refractivity contribution in [2.75, 3.05) is 13.7 Å². The molecule has 1 aromatic heterocycles. The van der Waals surface area contributed by atoms with Gasteiger partial charge in [-0.25, -0.2) is 9.97 Å². The highest BCUT2D eigenvalue weighted by molar-refractivity contribution is 5.34. The van der Waals surface area contributed by atoms with Crippen LogP contribution < -0.4 is 14.8 Å². The molecule has 2 aromatic rings. The summed E-state index contributed by atoms with van der Waals surface area (Å²) in [5.74, 6) is 1.39. The topological polar surface area (TPSA) is 56.3 Å². The lowest BCUT2D eigenvalue weighted by atomic mass is 10.3. The van der Waals surface area contributed by atoms with Crippen molar-refractivity contribution in [1.82, 2.24) is 15.3 Å². The van der Waals surface area contributed by atoms with Gasteiger partial charge in [-0.15, -0.1) is 0 Å². The van der Waals surface area contributed by atoms with Crippen LogP contribution in [-0.4, -0.2) is 23.6 Å². The highest BCUT2D eigenvalue weighted by Gasteiger charge is 2.02. The minimum absolute atomic E-state index is 0.327. The second kappa shape index (κ2) is 6.70. The summed E-state index contributed by atoms with van der Waals surface area (Å²) in [7, 11) is 1.62. The largest absolute Gasteiger partial charge is 0.497 e. The van der Waals surface area contributed by atoms with Gasteiger partial charge in [0, 0.05) is 30.6 Å². The first-order chi connectivity index (χ1) is 9.31. The third kappa shape index (κ3) is 3.93. The zero-order valence-corrected chi connectivity index (χ0v) is 11.1. The Morgan fingerprint density at radius 1 is 1.16 bits per heavy atom. The Balaban J connectivity index is 2.02. The van der Waals surface area contributed by atoms with E-state index in [4.69, 9.17) is 9.47 Å². The monoisotopic (exact) mass is 259 g/mol. The van der Waals surface area contributed by atoms with Crippen LogP contribution in [-0.2, 0) is 6.54 Å². The molecule has 19 heavy (non-hydrogen) atoms. The van der Waals surface area contributed by atoms with Crippen LogP contribution in [0.15, 0.2) is 36.7 Å². The molecule has 0 saturated carbocycles. The minimum atomic E-state index is 0.327. The molecule has 2 rings (SSSR count). The summed E-state index contributed by atoms with van der Waals surface area (Å²) >= 11 is 0. The average Bonchev–Trinajstić information content (AvgIpc) is 2.47. The lowest BCUT2D eigenvalue weighted by Crippen LogP contribution is -2.12. The molecule has 100 valence electrons. The first kappa shape index (κ1) is 13.3. The van der Waals surface area contributed by atoms with Gasteiger partial charge in [-0.05, 0) is 18.7 Å². The van der Waals surface area contributed by atoms with Gasteiger partial charge in [-0.1, -0.05) is 13.0 Å². The first-order valence-electron chi connectivity index (χ1n) is 6.15. The van der Waals surface area contributed by atoms with E-state index in [1.54, 1.807) is 25.6 Å². The van der Waals surface area contributed by atoms with Crippen LogP contribution >= 0.6 is 0 Å². The maximum Gasteiger partial charge on any atom is 0.321 e. The van der Waals surface area contributed by atoms with E-state index in [0.717, 1.165) is 24.4 Å². The minimum Gasteiger partial charge on any atom is -0.497 e. The highest BCUT2D eigenvalue weighted by Crippen LogP contribution is 2.22. The van der Waals surface area contributed by atoms with E-state index >= 15 is 0 Å². The number of ether oxygens (including phenoxy) is 2. The molecule has 0 spiro atoms. The molecule has 0 aliphatic rings. The van der Waals surface area contributed by atoms with Crippen LogP contribution in [0.3, 0.4) is 0 Å². The summed E-state index contributed by atoms with van der Waals surface area (Å²) < 4.78 is 10.7. The third-order valence-corrected chi connectivity index (χ3v) is 2.51. The number of rotatable bonds is 6. The van der Waals surface area contributed by atoms with Crippen molar-refractivity contribution in [3.8, 4) is 17.5 Å². The van der Waals surface area contributed by atoms with Crippen LogP contribution in [0.2, 0.25) is 0 Å². The van der Waals surface area contributed by atoms with Gasteiger partial charge in [0.15, 0.2) is 0 Å². The predicted octanol–water partition coefficient (Wildman–Crippen LogP) is 2.39. The summed E-state index contributed by atoms with van der Waals surface area (Å²) in [5, 5.41) is 3.21. The fourth-order valence-corrected chi connectivity index (χ4v) is 1.53. The Hall–Kier alpha value is -2.14. The van der Waals surface area contributed by atoms with Gasteiger partial charge < -0.3 is 14.8 Å². The van der Waals surface area contributed by atoms with Crippen LogP contribution in [0.1, 0.15) is 12.5 Å². The van der Waals surface area contributed by atoms with Crippen molar-refractivity contribution in [2.45, 2.75) is 13.5 Å². The molecule has 0 radical (unpaired) electrons. The van der Waals surface area contributed by atoms with Crippen LogP contribution in [0.5, 0.6) is 17.5 Å². The molecular formula is C14H17N3O2. The molecule has 0 aliphatic carbocycles. The van der Waals surface area contributed by atoms with E-state index in [1.807, 2.05) is 18.2 Å². The van der Waals surface area contributed by atoms with E-state index < -0.39 is 0 Å². The number of methoxy groups -OCH3 is 1. The number of hydrogen-bond donors (Lipinski definition) is 1. The molecule has 0 bridgehead atoms. The zero-order chi connectivity index (χ0) is 13.5. The molecule has 0 fully saturated rings. The SMILES string of the molecule is CCNCc1cnc(Oc2cccc(OC)c2)nc1. The van der Waals surface area contributed by atoms with Gasteiger partial charge in [0.05, 0.1) is 7.11 Å². The van der Waals surface area contributed by atoms with Crippen LogP contribution in [0.4, 0.5) is 0 Å².